The molecule has 0 fully saturated rings. The second-order valence-electron chi connectivity index (χ2n) is 6.41. The Balaban J connectivity index is 1.57. The number of ether oxygens (including phenoxy) is 4. The lowest BCUT2D eigenvalue weighted by molar-refractivity contribution is 0.102. The van der Waals surface area contributed by atoms with Crippen molar-refractivity contribution in [1.82, 2.24) is 0 Å². The molecule has 0 spiro atoms. The molecule has 1 N–H and O–H groups in total. The Bertz CT molecular complexity index is 968. The van der Waals surface area contributed by atoms with Crippen LogP contribution in [0.3, 0.4) is 0 Å². The van der Waals surface area contributed by atoms with Crippen molar-refractivity contribution in [3.8, 4) is 23.0 Å². The zero-order valence-corrected chi connectivity index (χ0v) is 17.3. The zero-order valence-electron chi connectivity index (χ0n) is 17.3. The van der Waals surface area contributed by atoms with Crippen LogP contribution in [-0.2, 0) is 6.61 Å². The van der Waals surface area contributed by atoms with E-state index in [1.54, 1.807) is 44.6 Å². The van der Waals surface area contributed by atoms with Crippen molar-refractivity contribution in [2.75, 3.05) is 26.1 Å². The van der Waals surface area contributed by atoms with Crippen molar-refractivity contribution in [1.29, 1.82) is 0 Å². The van der Waals surface area contributed by atoms with E-state index in [0.717, 1.165) is 17.1 Å². The predicted octanol–water partition coefficient (Wildman–Crippen LogP) is 4.93. The van der Waals surface area contributed by atoms with Gasteiger partial charge in [-0.2, -0.15) is 0 Å². The van der Waals surface area contributed by atoms with Gasteiger partial charge >= 0.3 is 0 Å². The standard InChI is InChI=1S/C24H25NO5/c1-4-29-20-10-12-21(13-11-20)30-16-17-5-7-18(8-6-17)24(26)25-19-9-14-22(27-2)23(15-19)28-3/h5-15H,4,16H2,1-3H3,(H,25,26). The van der Waals surface area contributed by atoms with Gasteiger partial charge in [0.15, 0.2) is 11.5 Å². The van der Waals surface area contributed by atoms with Gasteiger partial charge in [0, 0.05) is 17.3 Å². The zero-order chi connectivity index (χ0) is 21.3. The van der Waals surface area contributed by atoms with Crippen LogP contribution in [-0.4, -0.2) is 26.7 Å². The van der Waals surface area contributed by atoms with E-state index in [0.29, 0.717) is 36.0 Å². The Morgan fingerprint density at radius 3 is 2.03 bits per heavy atom. The van der Waals surface area contributed by atoms with E-state index in [9.17, 15) is 4.79 Å². The van der Waals surface area contributed by atoms with E-state index in [2.05, 4.69) is 5.32 Å². The molecule has 0 atom stereocenters. The van der Waals surface area contributed by atoms with Gasteiger partial charge in [-0.25, -0.2) is 0 Å². The Labute approximate surface area is 176 Å². The minimum absolute atomic E-state index is 0.207. The number of carbonyl (C=O) groups is 1. The molecular weight excluding hydrogens is 382 g/mol. The van der Waals surface area contributed by atoms with Crippen LogP contribution >= 0.6 is 0 Å². The first-order valence-electron chi connectivity index (χ1n) is 9.61. The first-order valence-corrected chi connectivity index (χ1v) is 9.61. The van der Waals surface area contributed by atoms with E-state index in [1.807, 2.05) is 43.3 Å². The maximum Gasteiger partial charge on any atom is 0.255 e. The van der Waals surface area contributed by atoms with Gasteiger partial charge < -0.3 is 24.3 Å². The van der Waals surface area contributed by atoms with Gasteiger partial charge in [0.05, 0.1) is 20.8 Å². The van der Waals surface area contributed by atoms with Gasteiger partial charge in [0.2, 0.25) is 0 Å². The van der Waals surface area contributed by atoms with E-state index in [1.165, 1.54) is 0 Å². The van der Waals surface area contributed by atoms with E-state index in [4.69, 9.17) is 18.9 Å². The Kier molecular flexibility index (Phi) is 7.16. The van der Waals surface area contributed by atoms with Gasteiger partial charge in [-0.05, 0) is 61.0 Å². The number of nitrogens with one attached hydrogen (secondary N) is 1. The number of benzene rings is 3. The van der Waals surface area contributed by atoms with Crippen LogP contribution in [0.5, 0.6) is 23.0 Å². The van der Waals surface area contributed by atoms with Crippen LogP contribution in [0.15, 0.2) is 66.7 Å². The molecule has 0 saturated heterocycles. The lowest BCUT2D eigenvalue weighted by Crippen LogP contribution is -2.12. The Hall–Kier alpha value is -3.67. The largest absolute Gasteiger partial charge is 0.494 e. The molecule has 0 bridgehead atoms. The smallest absolute Gasteiger partial charge is 0.255 e. The molecule has 0 radical (unpaired) electrons. The van der Waals surface area contributed by atoms with Crippen molar-refractivity contribution in [3.05, 3.63) is 77.9 Å². The van der Waals surface area contributed by atoms with Crippen molar-refractivity contribution < 1.29 is 23.7 Å². The summed E-state index contributed by atoms with van der Waals surface area (Å²) < 4.78 is 21.7. The molecule has 0 saturated carbocycles. The third-order valence-corrected chi connectivity index (χ3v) is 4.40. The molecule has 3 rings (SSSR count). The van der Waals surface area contributed by atoms with E-state index in [-0.39, 0.29) is 5.91 Å². The highest BCUT2D eigenvalue weighted by molar-refractivity contribution is 6.04. The fourth-order valence-corrected chi connectivity index (χ4v) is 2.84. The van der Waals surface area contributed by atoms with E-state index < -0.39 is 0 Å². The van der Waals surface area contributed by atoms with Crippen LogP contribution in [0.1, 0.15) is 22.8 Å². The van der Waals surface area contributed by atoms with Crippen molar-refractivity contribution in [2.24, 2.45) is 0 Å². The average Bonchev–Trinajstić information content (AvgIpc) is 2.79. The van der Waals surface area contributed by atoms with Gasteiger partial charge in [-0.1, -0.05) is 12.1 Å². The minimum atomic E-state index is -0.207. The maximum absolute atomic E-state index is 12.5. The monoisotopic (exact) mass is 407 g/mol. The van der Waals surface area contributed by atoms with E-state index >= 15 is 0 Å². The summed E-state index contributed by atoms with van der Waals surface area (Å²) in [5, 5.41) is 2.86. The summed E-state index contributed by atoms with van der Waals surface area (Å²) in [6.07, 6.45) is 0. The number of anilines is 1. The fraction of sp³-hybridized carbons (Fsp3) is 0.208. The second kappa shape index (κ2) is 10.2. The third-order valence-electron chi connectivity index (χ3n) is 4.40. The lowest BCUT2D eigenvalue weighted by atomic mass is 10.1. The van der Waals surface area contributed by atoms with Crippen LogP contribution in [0.2, 0.25) is 0 Å². The number of methoxy groups -OCH3 is 2. The molecule has 6 nitrogen and oxygen atoms in total. The molecule has 0 heterocycles. The molecular formula is C24H25NO5. The molecule has 0 aromatic heterocycles. The molecule has 30 heavy (non-hydrogen) atoms. The fourth-order valence-electron chi connectivity index (χ4n) is 2.84. The maximum atomic E-state index is 12.5. The Morgan fingerprint density at radius 1 is 0.800 bits per heavy atom. The summed E-state index contributed by atoms with van der Waals surface area (Å²) in [7, 11) is 3.12. The van der Waals surface area contributed by atoms with Crippen molar-refractivity contribution >= 4 is 11.6 Å². The summed E-state index contributed by atoms with van der Waals surface area (Å²) in [6.45, 7) is 2.99. The topological polar surface area (TPSA) is 66.0 Å². The first kappa shape index (κ1) is 21.0. The number of hydrogen-bond acceptors (Lipinski definition) is 5. The minimum Gasteiger partial charge on any atom is -0.494 e. The Morgan fingerprint density at radius 2 is 1.43 bits per heavy atom. The normalized spacial score (nSPS) is 10.2. The van der Waals surface area contributed by atoms with Crippen molar-refractivity contribution in [2.45, 2.75) is 13.5 Å². The molecule has 0 unspecified atom stereocenters. The number of carbonyl (C=O) groups excluding carboxylic acids is 1. The SMILES string of the molecule is CCOc1ccc(OCc2ccc(C(=O)Nc3ccc(OC)c(OC)c3)cc2)cc1. The summed E-state index contributed by atoms with van der Waals surface area (Å²) in [4.78, 5) is 12.5. The van der Waals surface area contributed by atoms with Gasteiger partial charge in [-0.3, -0.25) is 4.79 Å². The van der Waals surface area contributed by atoms with Crippen LogP contribution < -0.4 is 24.3 Å². The van der Waals surface area contributed by atoms with Gasteiger partial charge in [0.25, 0.3) is 5.91 Å². The lowest BCUT2D eigenvalue weighted by Gasteiger charge is -2.11. The van der Waals surface area contributed by atoms with Crippen LogP contribution in [0.25, 0.3) is 0 Å². The molecule has 0 aliphatic rings. The molecule has 1 amide bonds. The van der Waals surface area contributed by atoms with Crippen LogP contribution in [0, 0.1) is 0 Å². The third kappa shape index (κ3) is 5.44. The highest BCUT2D eigenvalue weighted by atomic mass is 16.5. The predicted molar refractivity (Wildman–Crippen MR) is 116 cm³/mol. The molecule has 6 heteroatoms. The van der Waals surface area contributed by atoms with Gasteiger partial charge in [-0.15, -0.1) is 0 Å². The highest BCUT2D eigenvalue weighted by Gasteiger charge is 2.09. The average molecular weight is 407 g/mol. The molecule has 0 aliphatic heterocycles. The quantitative estimate of drug-likeness (QED) is 0.545. The molecule has 3 aromatic rings. The van der Waals surface area contributed by atoms with Crippen LogP contribution in [0.4, 0.5) is 5.69 Å². The summed E-state index contributed by atoms with van der Waals surface area (Å²) >= 11 is 0. The summed E-state index contributed by atoms with van der Waals surface area (Å²) in [6, 6.07) is 20.0. The molecule has 156 valence electrons. The summed E-state index contributed by atoms with van der Waals surface area (Å²) in [5.41, 5.74) is 2.14. The van der Waals surface area contributed by atoms with Crippen molar-refractivity contribution in [3.63, 3.8) is 0 Å². The number of hydrogen-bond donors (Lipinski definition) is 1. The van der Waals surface area contributed by atoms with Gasteiger partial charge in [0.1, 0.15) is 18.1 Å². The highest BCUT2D eigenvalue weighted by Crippen LogP contribution is 2.30. The molecule has 3 aromatic carbocycles. The first-order chi connectivity index (χ1) is 14.6. The molecule has 0 aliphatic carbocycles. The number of amides is 1. The number of rotatable bonds is 9. The summed E-state index contributed by atoms with van der Waals surface area (Å²) in [5.74, 6) is 2.52. The second-order valence-corrected chi connectivity index (χ2v) is 6.41.